The molecule has 0 fully saturated rings. The first-order valence-electron chi connectivity index (χ1n) is 2.19. The SMILES string of the molecule is O=[As]([O-])([O-])[O-].O=[As]([O-])([O-])[O-].O=[As]([O-])([O-])[O-].[Ca+2].[Ca+2].[Ca+2].[Fe+3]. The van der Waals surface area contributed by atoms with Gasteiger partial charge in [-0.1, -0.05) is 0 Å². The zero-order chi connectivity index (χ0) is 13.5. The second-order valence-corrected chi connectivity index (χ2v) is 6.97. The minimum atomic E-state index is -5.88. The fourth-order valence-electron chi connectivity index (χ4n) is 0. The van der Waals surface area contributed by atoms with Gasteiger partial charge in [-0.25, -0.2) is 0 Å². The van der Waals surface area contributed by atoms with Gasteiger partial charge in [-0.05, 0) is 0 Å². The molecule has 0 rings (SSSR count). The van der Waals surface area contributed by atoms with Gasteiger partial charge in [-0.15, -0.1) is 0 Å². The molecule has 1 radical (unpaired) electrons. The predicted molar refractivity (Wildman–Crippen MR) is 36.6 cm³/mol. The third-order valence-electron chi connectivity index (χ3n) is 0. The Kier molecular flexibility index (Phi) is 48.7. The second kappa shape index (κ2) is 21.1. The standard InChI is InChI=1S/3AsH3O4.3Ca.Fe/c3*2-1(3,4)5;;;;/h3*(H3,2,3,4,5);;;;/q;;;3*+2;+3/p-9. The zero-order valence-corrected chi connectivity index (χ0v) is 22.1. The molecular formula is As3Ca3FeO12. The molecule has 0 amide bonds. The van der Waals surface area contributed by atoms with Crippen LogP contribution in [-0.4, -0.2) is 157 Å². The normalized spacial score (nSPS) is 9.32. The van der Waals surface area contributed by atoms with Gasteiger partial charge in [0.15, 0.2) is 0 Å². The van der Waals surface area contributed by atoms with Gasteiger partial charge in [0.2, 0.25) is 0 Å². The Morgan fingerprint density at radius 2 is 0.421 bits per heavy atom. The number of rotatable bonds is 0. The van der Waals surface area contributed by atoms with Crippen molar-refractivity contribution >= 4 is 157 Å². The largest absolute Gasteiger partial charge is 3.00 e. The summed E-state index contributed by atoms with van der Waals surface area (Å²) in [4.78, 5) is 0. The summed E-state index contributed by atoms with van der Waals surface area (Å²) in [6, 6.07) is 0. The van der Waals surface area contributed by atoms with Crippen molar-refractivity contribution in [3.63, 3.8) is 0 Å². The van der Waals surface area contributed by atoms with Gasteiger partial charge >= 0.3 is 222 Å². The monoisotopic (exact) mass is 593 g/mol. The number of hydrogen-bond acceptors (Lipinski definition) is 12. The molecule has 0 bridgehead atoms. The van der Waals surface area contributed by atoms with E-state index in [0.717, 1.165) is 0 Å². The van der Waals surface area contributed by atoms with Crippen molar-refractivity contribution in [1.29, 1.82) is 0 Å². The molecule has 12 nitrogen and oxygen atoms in total. The van der Waals surface area contributed by atoms with E-state index in [1.54, 1.807) is 0 Å². The molecule has 0 saturated heterocycles. The summed E-state index contributed by atoms with van der Waals surface area (Å²) in [5, 5.41) is 0. The van der Waals surface area contributed by atoms with Crippen molar-refractivity contribution in [1.82, 2.24) is 0 Å². The Bertz CT molecular complexity index is 214. The Hall–Kier alpha value is 5.01. The summed E-state index contributed by atoms with van der Waals surface area (Å²) in [7, 11) is 0. The maximum absolute atomic E-state index is 8.61. The van der Waals surface area contributed by atoms with Gasteiger partial charge < -0.3 is 0 Å². The maximum Gasteiger partial charge on any atom is 3.00 e. The van der Waals surface area contributed by atoms with Crippen LogP contribution in [-0.2, 0) is 28.3 Å². The first-order valence-corrected chi connectivity index (χ1v) is 11.4. The van der Waals surface area contributed by atoms with Crippen LogP contribution in [0.15, 0.2) is 0 Å². The van der Waals surface area contributed by atoms with Crippen LogP contribution >= 0.6 is 0 Å². The van der Waals surface area contributed by atoms with Crippen LogP contribution in [0.4, 0.5) is 0 Å². The molecule has 0 spiro atoms. The molecule has 19 heavy (non-hydrogen) atoms. The van der Waals surface area contributed by atoms with Crippen molar-refractivity contribution in [3.8, 4) is 0 Å². The summed E-state index contributed by atoms with van der Waals surface area (Å²) >= 11 is -17.6. The molecule has 0 aliphatic rings. The topological polar surface area (TPSA) is 259 Å². The molecule has 0 aliphatic carbocycles. The summed E-state index contributed by atoms with van der Waals surface area (Å²) in [5.74, 6) is 0. The van der Waals surface area contributed by atoms with Crippen LogP contribution in [0.3, 0.4) is 0 Å². The van der Waals surface area contributed by atoms with E-state index >= 15 is 0 Å². The summed E-state index contributed by atoms with van der Waals surface area (Å²) < 4.78 is 103. The molecule has 19 heteroatoms. The van der Waals surface area contributed by atoms with Gasteiger partial charge in [0.25, 0.3) is 0 Å². The van der Waals surface area contributed by atoms with Gasteiger partial charge in [-0.2, -0.15) is 0 Å². The van der Waals surface area contributed by atoms with Crippen LogP contribution in [0.2, 0.25) is 0 Å². The summed E-state index contributed by atoms with van der Waals surface area (Å²) in [5.41, 5.74) is 0. The molecular weight excluding hydrogens is 593 g/mol. The molecule has 0 aromatic carbocycles. The third-order valence-corrected chi connectivity index (χ3v) is 0. The predicted octanol–water partition coefficient (Wildman–Crippen LogP) is -13.3. The van der Waals surface area contributed by atoms with Crippen LogP contribution < -0.4 is 36.9 Å². The molecule has 0 atom stereocenters. The minimum absolute atomic E-state index is 0. The average molecular weight is 593 g/mol. The Morgan fingerprint density at radius 1 is 0.421 bits per heavy atom. The van der Waals surface area contributed by atoms with Crippen molar-refractivity contribution in [2.24, 2.45) is 0 Å². The van der Waals surface area contributed by atoms with E-state index in [1.807, 2.05) is 0 Å². The van der Waals surface area contributed by atoms with E-state index in [1.165, 1.54) is 0 Å². The first-order chi connectivity index (χ1) is 6.00. The van der Waals surface area contributed by atoms with Crippen LogP contribution in [0.1, 0.15) is 0 Å². The molecule has 0 aliphatic heterocycles. The smallest absolute Gasteiger partial charge is 2.00 e. The molecule has 101 valence electrons. The fraction of sp³-hybridized carbons (Fsp3) is 0. The molecule has 0 saturated carbocycles. The van der Waals surface area contributed by atoms with Gasteiger partial charge in [0, 0.05) is 0 Å². The second-order valence-electron chi connectivity index (χ2n) is 1.34. The van der Waals surface area contributed by atoms with Crippen LogP contribution in [0.5, 0.6) is 0 Å². The minimum Gasteiger partial charge on any atom is 2.00 e. The number of hydrogen-bond donors (Lipinski definition) is 0. The van der Waals surface area contributed by atoms with E-state index in [9.17, 15) is 0 Å². The average Bonchev–Trinajstić information content (AvgIpc) is 1.41. The van der Waals surface area contributed by atoms with Crippen LogP contribution in [0.25, 0.3) is 0 Å². The summed E-state index contributed by atoms with van der Waals surface area (Å²) in [6.45, 7) is 0. The quantitative estimate of drug-likeness (QED) is 0.237. The van der Waals surface area contributed by atoms with E-state index < -0.39 is 43.5 Å². The fourth-order valence-corrected chi connectivity index (χ4v) is 0. The van der Waals surface area contributed by atoms with Crippen molar-refractivity contribution in [3.05, 3.63) is 0 Å². The van der Waals surface area contributed by atoms with Crippen molar-refractivity contribution < 1.29 is 65.1 Å². The van der Waals surface area contributed by atoms with Crippen molar-refractivity contribution in [2.75, 3.05) is 0 Å². The Labute approximate surface area is 216 Å². The molecule has 0 aromatic heterocycles. The molecule has 0 aromatic rings. The van der Waals surface area contributed by atoms with E-state index in [-0.39, 0.29) is 130 Å². The van der Waals surface area contributed by atoms with Crippen LogP contribution in [0, 0.1) is 0 Å². The maximum atomic E-state index is 8.61. The molecule has 0 unspecified atom stereocenters. The van der Waals surface area contributed by atoms with Gasteiger partial charge in [-0.3, -0.25) is 0 Å². The zero-order valence-electron chi connectivity index (χ0n) is 8.72. The van der Waals surface area contributed by atoms with E-state index in [0.29, 0.717) is 0 Å². The Balaban J connectivity index is -0.0000000206. The van der Waals surface area contributed by atoms with E-state index in [2.05, 4.69) is 0 Å². The molecule has 0 heterocycles. The van der Waals surface area contributed by atoms with Crippen molar-refractivity contribution in [2.45, 2.75) is 0 Å². The first kappa shape index (κ1) is 43.9. The third kappa shape index (κ3) is 404. The van der Waals surface area contributed by atoms with Gasteiger partial charge in [0.1, 0.15) is 0 Å². The Morgan fingerprint density at radius 3 is 0.421 bits per heavy atom. The molecule has 0 N–H and O–H groups in total. The summed E-state index contributed by atoms with van der Waals surface area (Å²) in [6.07, 6.45) is 0. The van der Waals surface area contributed by atoms with E-state index in [4.69, 9.17) is 48.1 Å². The van der Waals surface area contributed by atoms with Gasteiger partial charge in [0.05, 0.1) is 0 Å².